The van der Waals surface area contributed by atoms with Gasteiger partial charge in [-0.3, -0.25) is 0 Å². The quantitative estimate of drug-likeness (QED) is 0.645. The number of anilines is 1. The summed E-state index contributed by atoms with van der Waals surface area (Å²) < 4.78 is 24.8. The molecular formula is C20H25N3O2S. The van der Waals surface area contributed by atoms with E-state index in [2.05, 4.69) is 27.0 Å². The Hall–Kier alpha value is -2.34. The lowest BCUT2D eigenvalue weighted by Gasteiger charge is -2.28. The predicted octanol–water partition coefficient (Wildman–Crippen LogP) is 3.61. The molecule has 0 unspecified atom stereocenters. The van der Waals surface area contributed by atoms with Crippen LogP contribution in [0.3, 0.4) is 0 Å². The standard InChI is InChI=1S/C20H25N3O2S/c1-16-6-7-17(2)20(14-16)26(24,25)22-21-15-18-8-10-19(11-9-18)23-12-4-3-5-13-23/h6-11,14-15,22H,3-5,12-13H2,1-2H3/b21-15-. The molecule has 0 aromatic heterocycles. The lowest BCUT2D eigenvalue weighted by atomic mass is 10.1. The largest absolute Gasteiger partial charge is 0.372 e. The number of hydrogen-bond acceptors (Lipinski definition) is 4. The smallest absolute Gasteiger partial charge is 0.276 e. The number of sulfonamides is 1. The molecule has 0 amide bonds. The van der Waals surface area contributed by atoms with E-state index in [9.17, 15) is 8.42 Å². The van der Waals surface area contributed by atoms with Crippen LogP contribution >= 0.6 is 0 Å². The van der Waals surface area contributed by atoms with Crippen LogP contribution < -0.4 is 9.73 Å². The second-order valence-electron chi connectivity index (χ2n) is 6.76. The Labute approximate surface area is 155 Å². The molecule has 1 N–H and O–H groups in total. The summed E-state index contributed by atoms with van der Waals surface area (Å²) in [5, 5.41) is 3.93. The third-order valence-electron chi connectivity index (χ3n) is 4.63. The molecule has 0 bridgehead atoms. The molecule has 6 heteroatoms. The van der Waals surface area contributed by atoms with E-state index < -0.39 is 10.0 Å². The van der Waals surface area contributed by atoms with Gasteiger partial charge in [0.2, 0.25) is 0 Å². The second-order valence-corrected chi connectivity index (χ2v) is 8.39. The Morgan fingerprint density at radius 2 is 1.69 bits per heavy atom. The molecule has 2 aromatic carbocycles. The SMILES string of the molecule is Cc1ccc(C)c(S(=O)(=O)N/N=C\c2ccc(N3CCCCC3)cc2)c1. The summed E-state index contributed by atoms with van der Waals surface area (Å²) in [5.41, 5.74) is 3.66. The maximum atomic E-state index is 12.4. The van der Waals surface area contributed by atoms with Crippen molar-refractivity contribution in [2.24, 2.45) is 5.10 Å². The van der Waals surface area contributed by atoms with Crippen molar-refractivity contribution >= 4 is 21.9 Å². The van der Waals surface area contributed by atoms with E-state index in [1.165, 1.54) is 31.2 Å². The van der Waals surface area contributed by atoms with Gasteiger partial charge in [-0.15, -0.1) is 0 Å². The fourth-order valence-corrected chi connectivity index (χ4v) is 4.26. The molecule has 2 aromatic rings. The fraction of sp³-hybridized carbons (Fsp3) is 0.350. The zero-order chi connectivity index (χ0) is 18.6. The highest BCUT2D eigenvalue weighted by molar-refractivity contribution is 7.89. The van der Waals surface area contributed by atoms with Gasteiger partial charge in [-0.1, -0.05) is 24.3 Å². The van der Waals surface area contributed by atoms with Crippen LogP contribution in [-0.4, -0.2) is 27.7 Å². The lowest BCUT2D eigenvalue weighted by Crippen LogP contribution is -2.29. The van der Waals surface area contributed by atoms with Crippen LogP contribution in [0.5, 0.6) is 0 Å². The molecule has 0 radical (unpaired) electrons. The minimum absolute atomic E-state index is 0.259. The summed E-state index contributed by atoms with van der Waals surface area (Å²) in [6.45, 7) is 5.84. The average molecular weight is 372 g/mol. The molecule has 5 nitrogen and oxygen atoms in total. The first-order valence-corrected chi connectivity index (χ1v) is 10.4. The normalized spacial score (nSPS) is 15.4. The van der Waals surface area contributed by atoms with Crippen molar-refractivity contribution in [3.8, 4) is 0 Å². The number of hydrazone groups is 1. The number of piperidine rings is 1. The molecule has 1 saturated heterocycles. The Balaban J connectivity index is 1.67. The monoisotopic (exact) mass is 371 g/mol. The van der Waals surface area contributed by atoms with Crippen LogP contribution in [0.15, 0.2) is 52.5 Å². The van der Waals surface area contributed by atoms with Gasteiger partial charge in [0.15, 0.2) is 0 Å². The molecule has 0 aliphatic carbocycles. The van der Waals surface area contributed by atoms with Crippen LogP contribution in [0.25, 0.3) is 0 Å². The van der Waals surface area contributed by atoms with Gasteiger partial charge in [-0.25, -0.2) is 4.83 Å². The second kappa shape index (κ2) is 7.91. The Kier molecular flexibility index (Phi) is 5.61. The van der Waals surface area contributed by atoms with E-state index in [1.807, 2.05) is 25.1 Å². The summed E-state index contributed by atoms with van der Waals surface area (Å²) in [6.07, 6.45) is 5.32. The van der Waals surface area contributed by atoms with Gasteiger partial charge in [-0.05, 0) is 68.0 Å². The van der Waals surface area contributed by atoms with Crippen molar-refractivity contribution in [3.63, 3.8) is 0 Å². The van der Waals surface area contributed by atoms with Crippen molar-refractivity contribution in [1.29, 1.82) is 0 Å². The van der Waals surface area contributed by atoms with Gasteiger partial charge in [0.05, 0.1) is 11.1 Å². The highest BCUT2D eigenvalue weighted by Crippen LogP contribution is 2.20. The fourth-order valence-electron chi connectivity index (χ4n) is 3.14. The van der Waals surface area contributed by atoms with E-state index in [-0.39, 0.29) is 4.90 Å². The first-order chi connectivity index (χ1) is 12.5. The number of rotatable bonds is 5. The van der Waals surface area contributed by atoms with E-state index in [0.717, 1.165) is 24.2 Å². The summed E-state index contributed by atoms with van der Waals surface area (Å²) in [5.74, 6) is 0. The van der Waals surface area contributed by atoms with Gasteiger partial charge in [0.1, 0.15) is 0 Å². The molecule has 26 heavy (non-hydrogen) atoms. The Morgan fingerprint density at radius 1 is 1.00 bits per heavy atom. The number of nitrogens with one attached hydrogen (secondary N) is 1. The van der Waals surface area contributed by atoms with Crippen LogP contribution in [-0.2, 0) is 10.0 Å². The highest BCUT2D eigenvalue weighted by atomic mass is 32.2. The molecule has 1 fully saturated rings. The molecular weight excluding hydrogens is 346 g/mol. The molecule has 1 aliphatic rings. The number of aryl methyl sites for hydroxylation is 2. The van der Waals surface area contributed by atoms with Crippen molar-refractivity contribution in [2.75, 3.05) is 18.0 Å². The highest BCUT2D eigenvalue weighted by Gasteiger charge is 2.15. The van der Waals surface area contributed by atoms with Gasteiger partial charge in [0, 0.05) is 18.8 Å². The number of nitrogens with zero attached hydrogens (tertiary/aromatic N) is 2. The van der Waals surface area contributed by atoms with Gasteiger partial charge >= 0.3 is 0 Å². The van der Waals surface area contributed by atoms with Crippen molar-refractivity contribution < 1.29 is 8.42 Å². The molecule has 0 spiro atoms. The van der Waals surface area contributed by atoms with E-state index in [4.69, 9.17) is 0 Å². The van der Waals surface area contributed by atoms with Crippen LogP contribution in [0.2, 0.25) is 0 Å². The first-order valence-electron chi connectivity index (χ1n) is 8.93. The van der Waals surface area contributed by atoms with Crippen molar-refractivity contribution in [3.05, 3.63) is 59.2 Å². The summed E-state index contributed by atoms with van der Waals surface area (Å²) in [6, 6.07) is 13.4. The minimum atomic E-state index is -3.67. The van der Waals surface area contributed by atoms with Crippen molar-refractivity contribution in [1.82, 2.24) is 4.83 Å². The summed E-state index contributed by atoms with van der Waals surface area (Å²) >= 11 is 0. The van der Waals surface area contributed by atoms with Crippen LogP contribution in [0.4, 0.5) is 5.69 Å². The minimum Gasteiger partial charge on any atom is -0.372 e. The van der Waals surface area contributed by atoms with Gasteiger partial charge < -0.3 is 4.90 Å². The van der Waals surface area contributed by atoms with Crippen molar-refractivity contribution in [2.45, 2.75) is 38.0 Å². The molecule has 1 heterocycles. The summed E-state index contributed by atoms with van der Waals surface area (Å²) in [4.78, 5) is 4.94. The first kappa shape index (κ1) is 18.5. The van der Waals surface area contributed by atoms with Crippen LogP contribution in [0, 0.1) is 13.8 Å². The predicted molar refractivity (Wildman–Crippen MR) is 106 cm³/mol. The Bertz CT molecular complexity index is 884. The average Bonchev–Trinajstić information content (AvgIpc) is 2.65. The van der Waals surface area contributed by atoms with E-state index >= 15 is 0 Å². The van der Waals surface area contributed by atoms with E-state index in [0.29, 0.717) is 5.56 Å². The molecule has 138 valence electrons. The third kappa shape index (κ3) is 4.43. The molecule has 3 rings (SSSR count). The lowest BCUT2D eigenvalue weighted by molar-refractivity contribution is 0.578. The van der Waals surface area contributed by atoms with Gasteiger partial charge in [0.25, 0.3) is 10.0 Å². The van der Waals surface area contributed by atoms with Gasteiger partial charge in [-0.2, -0.15) is 13.5 Å². The van der Waals surface area contributed by atoms with Crippen LogP contribution in [0.1, 0.15) is 36.0 Å². The summed E-state index contributed by atoms with van der Waals surface area (Å²) in [7, 11) is -3.67. The zero-order valence-corrected chi connectivity index (χ0v) is 16.1. The number of benzene rings is 2. The zero-order valence-electron chi connectivity index (χ0n) is 15.3. The molecule has 1 aliphatic heterocycles. The maximum absolute atomic E-state index is 12.4. The third-order valence-corrected chi connectivity index (χ3v) is 6.00. The Morgan fingerprint density at radius 3 is 2.38 bits per heavy atom. The van der Waals surface area contributed by atoms with E-state index in [1.54, 1.807) is 19.1 Å². The topological polar surface area (TPSA) is 61.8 Å². The maximum Gasteiger partial charge on any atom is 0.276 e. The number of hydrogen-bond donors (Lipinski definition) is 1. The molecule has 0 atom stereocenters. The molecule has 0 saturated carbocycles.